The average molecular weight is 350 g/mol. The number of hydrogen-bond acceptors (Lipinski definition) is 4. The zero-order valence-electron chi connectivity index (χ0n) is 15.1. The van der Waals surface area contributed by atoms with E-state index in [1.165, 1.54) is 5.56 Å². The van der Waals surface area contributed by atoms with Gasteiger partial charge >= 0.3 is 0 Å². The highest BCUT2D eigenvalue weighted by Crippen LogP contribution is 2.41. The van der Waals surface area contributed by atoms with E-state index in [2.05, 4.69) is 22.0 Å². The molecule has 0 aromatic heterocycles. The second-order valence-corrected chi connectivity index (χ2v) is 6.65. The summed E-state index contributed by atoms with van der Waals surface area (Å²) >= 11 is 0. The maximum Gasteiger partial charge on any atom is 0.249 e. The van der Waals surface area contributed by atoms with E-state index in [9.17, 15) is 4.79 Å². The van der Waals surface area contributed by atoms with E-state index in [4.69, 9.17) is 9.47 Å². The predicted octanol–water partition coefficient (Wildman–Crippen LogP) is 3.17. The Hall–Kier alpha value is -2.82. The monoisotopic (exact) mass is 350 g/mol. The first kappa shape index (κ1) is 16.6. The number of ether oxygens (including phenoxy) is 2. The predicted molar refractivity (Wildman–Crippen MR) is 99.9 cm³/mol. The molecule has 1 unspecified atom stereocenters. The third kappa shape index (κ3) is 2.94. The van der Waals surface area contributed by atoms with Gasteiger partial charge in [-0.05, 0) is 35.2 Å². The van der Waals surface area contributed by atoms with Crippen LogP contribution in [0.1, 0.15) is 29.2 Å². The number of rotatable bonds is 4. The molecule has 0 radical (unpaired) electrons. The molecule has 2 aromatic carbocycles. The molecule has 5 heteroatoms. The van der Waals surface area contributed by atoms with Crippen LogP contribution in [0.3, 0.4) is 0 Å². The van der Waals surface area contributed by atoms with Crippen molar-refractivity contribution in [3.05, 3.63) is 59.2 Å². The number of carbonyl (C=O) groups excluding carboxylic acids is 1. The van der Waals surface area contributed by atoms with Crippen LogP contribution in [-0.2, 0) is 17.6 Å². The van der Waals surface area contributed by atoms with Crippen LogP contribution in [0.25, 0.3) is 0 Å². The molecule has 0 bridgehead atoms. The Labute approximate surface area is 153 Å². The summed E-state index contributed by atoms with van der Waals surface area (Å²) in [6, 6.07) is 14.2. The van der Waals surface area contributed by atoms with Crippen molar-refractivity contribution in [2.45, 2.75) is 25.3 Å². The molecule has 0 N–H and O–H groups in total. The zero-order valence-corrected chi connectivity index (χ0v) is 15.1. The average Bonchev–Trinajstić information content (AvgIpc) is 2.67. The van der Waals surface area contributed by atoms with Gasteiger partial charge in [0.05, 0.1) is 26.7 Å². The summed E-state index contributed by atoms with van der Waals surface area (Å²) in [5.41, 5.74) is 3.53. The number of methoxy groups -OCH3 is 2. The van der Waals surface area contributed by atoms with E-state index in [0.29, 0.717) is 18.6 Å². The van der Waals surface area contributed by atoms with Gasteiger partial charge in [-0.1, -0.05) is 30.3 Å². The lowest BCUT2D eigenvalue weighted by atomic mass is 9.88. The highest BCUT2D eigenvalue weighted by Gasteiger charge is 2.35. The first-order valence-corrected chi connectivity index (χ1v) is 8.85. The van der Waals surface area contributed by atoms with E-state index in [1.54, 1.807) is 14.2 Å². The number of amides is 1. The molecular weight excluding hydrogens is 328 g/mol. The van der Waals surface area contributed by atoms with Gasteiger partial charge in [-0.15, -0.1) is 0 Å². The van der Waals surface area contributed by atoms with Crippen LogP contribution >= 0.6 is 0 Å². The van der Waals surface area contributed by atoms with Gasteiger partial charge in [0.2, 0.25) is 5.91 Å². The van der Waals surface area contributed by atoms with Crippen molar-refractivity contribution in [1.82, 2.24) is 4.90 Å². The Morgan fingerprint density at radius 1 is 1.12 bits per heavy atom. The van der Waals surface area contributed by atoms with Gasteiger partial charge in [0.1, 0.15) is 5.84 Å². The lowest BCUT2D eigenvalue weighted by molar-refractivity contribution is -0.119. The minimum absolute atomic E-state index is 0.0160. The summed E-state index contributed by atoms with van der Waals surface area (Å²) < 4.78 is 10.9. The standard InChI is InChI=1S/C21H22N2O3/c1-25-18-11-15-8-9-23-17(16(15)12-19(18)26-2)13-21(24)22-20(23)10-14-6-4-3-5-7-14/h3-7,11-12,17H,8-10,13H2,1-2H3. The number of fused-ring (bicyclic) bond motifs is 3. The van der Waals surface area contributed by atoms with Crippen LogP contribution in [0.4, 0.5) is 0 Å². The fourth-order valence-electron chi connectivity index (χ4n) is 3.90. The largest absolute Gasteiger partial charge is 0.493 e. The second-order valence-electron chi connectivity index (χ2n) is 6.65. The second kappa shape index (κ2) is 6.83. The first-order valence-electron chi connectivity index (χ1n) is 8.85. The van der Waals surface area contributed by atoms with Gasteiger partial charge in [0.25, 0.3) is 0 Å². The summed E-state index contributed by atoms with van der Waals surface area (Å²) in [6.45, 7) is 0.853. The van der Waals surface area contributed by atoms with E-state index in [-0.39, 0.29) is 11.9 Å². The van der Waals surface area contributed by atoms with Crippen molar-refractivity contribution in [3.63, 3.8) is 0 Å². The molecule has 26 heavy (non-hydrogen) atoms. The molecule has 0 aliphatic carbocycles. The molecule has 0 spiro atoms. The number of aliphatic imine (C=N–C) groups is 1. The number of nitrogens with zero attached hydrogens (tertiary/aromatic N) is 2. The van der Waals surface area contributed by atoms with Crippen molar-refractivity contribution in [3.8, 4) is 11.5 Å². The molecule has 0 saturated carbocycles. The smallest absolute Gasteiger partial charge is 0.249 e. The maximum atomic E-state index is 12.3. The molecular formula is C21H22N2O3. The summed E-state index contributed by atoms with van der Waals surface area (Å²) in [7, 11) is 3.29. The molecule has 1 atom stereocenters. The SMILES string of the molecule is COc1cc2c(cc1OC)C1CC(=O)N=C(Cc3ccccc3)N1CC2. The topological polar surface area (TPSA) is 51.1 Å². The van der Waals surface area contributed by atoms with E-state index >= 15 is 0 Å². The van der Waals surface area contributed by atoms with Crippen molar-refractivity contribution in [2.75, 3.05) is 20.8 Å². The minimum Gasteiger partial charge on any atom is -0.493 e. The third-order valence-corrected chi connectivity index (χ3v) is 5.16. The molecule has 2 heterocycles. The summed E-state index contributed by atoms with van der Waals surface area (Å²) in [5.74, 6) is 2.24. The molecule has 0 saturated heterocycles. The molecule has 1 amide bonds. The number of amidine groups is 1. The normalized spacial score (nSPS) is 18.7. The Morgan fingerprint density at radius 2 is 1.85 bits per heavy atom. The van der Waals surface area contributed by atoms with Crippen LogP contribution in [0.5, 0.6) is 11.5 Å². The Balaban J connectivity index is 1.70. The summed E-state index contributed by atoms with van der Waals surface area (Å²) in [6.07, 6.45) is 1.97. The van der Waals surface area contributed by atoms with Gasteiger partial charge in [0, 0.05) is 13.0 Å². The molecule has 4 rings (SSSR count). The van der Waals surface area contributed by atoms with Gasteiger partial charge in [-0.3, -0.25) is 4.79 Å². The Morgan fingerprint density at radius 3 is 2.58 bits per heavy atom. The lowest BCUT2D eigenvalue weighted by Crippen LogP contribution is -2.44. The van der Waals surface area contributed by atoms with E-state index < -0.39 is 0 Å². The quantitative estimate of drug-likeness (QED) is 0.850. The fraction of sp³-hybridized carbons (Fsp3) is 0.333. The molecule has 5 nitrogen and oxygen atoms in total. The van der Waals surface area contributed by atoms with E-state index in [1.807, 2.05) is 30.3 Å². The summed E-state index contributed by atoms with van der Waals surface area (Å²) in [5, 5.41) is 0. The Bertz CT molecular complexity index is 861. The first-order chi connectivity index (χ1) is 12.7. The summed E-state index contributed by atoms with van der Waals surface area (Å²) in [4.78, 5) is 19.0. The van der Waals surface area contributed by atoms with Crippen LogP contribution in [0.15, 0.2) is 47.5 Å². The fourth-order valence-corrected chi connectivity index (χ4v) is 3.90. The lowest BCUT2D eigenvalue weighted by Gasteiger charge is -2.41. The van der Waals surface area contributed by atoms with Crippen LogP contribution in [0.2, 0.25) is 0 Å². The van der Waals surface area contributed by atoms with Gasteiger partial charge < -0.3 is 14.4 Å². The maximum absolute atomic E-state index is 12.3. The number of hydrogen-bond donors (Lipinski definition) is 0. The van der Waals surface area contributed by atoms with Crippen molar-refractivity contribution >= 4 is 11.7 Å². The zero-order chi connectivity index (χ0) is 18.1. The highest BCUT2D eigenvalue weighted by molar-refractivity contribution is 5.98. The number of benzene rings is 2. The molecule has 0 fully saturated rings. The van der Waals surface area contributed by atoms with Crippen molar-refractivity contribution in [2.24, 2.45) is 4.99 Å². The highest BCUT2D eigenvalue weighted by atomic mass is 16.5. The molecule has 134 valence electrons. The van der Waals surface area contributed by atoms with Gasteiger partial charge in [-0.2, -0.15) is 4.99 Å². The van der Waals surface area contributed by atoms with Crippen LogP contribution < -0.4 is 9.47 Å². The molecule has 2 aliphatic rings. The molecule has 2 aliphatic heterocycles. The van der Waals surface area contributed by atoms with Gasteiger partial charge in [-0.25, -0.2) is 0 Å². The van der Waals surface area contributed by atoms with Crippen molar-refractivity contribution in [1.29, 1.82) is 0 Å². The number of carbonyl (C=O) groups is 1. The van der Waals surface area contributed by atoms with Gasteiger partial charge in [0.15, 0.2) is 11.5 Å². The van der Waals surface area contributed by atoms with Crippen LogP contribution in [-0.4, -0.2) is 37.4 Å². The van der Waals surface area contributed by atoms with E-state index in [0.717, 1.165) is 35.7 Å². The molecule has 2 aromatic rings. The Kier molecular flexibility index (Phi) is 4.37. The minimum atomic E-state index is -0.0557. The van der Waals surface area contributed by atoms with Crippen LogP contribution in [0, 0.1) is 0 Å². The van der Waals surface area contributed by atoms with Crippen molar-refractivity contribution < 1.29 is 14.3 Å². The third-order valence-electron chi connectivity index (χ3n) is 5.16.